The Morgan fingerprint density at radius 3 is 2.12 bits per heavy atom. The number of esters is 1. The SMILES string of the molecule is CCOC(=O)c1ccccc1N1C(=O)[C@H]2C3c4ccccc4C(C=O)(c4ccccc43)[C@H]2C1=O. The summed E-state index contributed by atoms with van der Waals surface area (Å²) in [6, 6.07) is 21.6. The lowest BCUT2D eigenvalue weighted by Crippen LogP contribution is -2.54. The van der Waals surface area contributed by atoms with Gasteiger partial charge in [0, 0.05) is 5.92 Å². The molecule has 1 fully saturated rings. The van der Waals surface area contributed by atoms with Crippen LogP contribution in [0.5, 0.6) is 0 Å². The van der Waals surface area contributed by atoms with E-state index < -0.39 is 35.0 Å². The van der Waals surface area contributed by atoms with Crippen molar-refractivity contribution < 1.29 is 23.9 Å². The van der Waals surface area contributed by atoms with Crippen molar-refractivity contribution in [1.29, 1.82) is 0 Å². The first-order chi connectivity index (χ1) is 16.6. The fourth-order valence-corrected chi connectivity index (χ4v) is 6.32. The van der Waals surface area contributed by atoms with Gasteiger partial charge in [-0.05, 0) is 41.3 Å². The van der Waals surface area contributed by atoms with Crippen molar-refractivity contribution in [3.8, 4) is 0 Å². The molecule has 1 saturated heterocycles. The maximum absolute atomic E-state index is 14.1. The second-order valence-corrected chi connectivity index (χ2v) is 8.89. The van der Waals surface area contributed by atoms with Crippen molar-refractivity contribution in [2.45, 2.75) is 18.3 Å². The molecule has 4 aliphatic rings. The second-order valence-electron chi connectivity index (χ2n) is 8.89. The first-order valence-electron chi connectivity index (χ1n) is 11.3. The van der Waals surface area contributed by atoms with E-state index in [0.29, 0.717) is 0 Å². The molecule has 2 bridgehead atoms. The molecule has 2 atom stereocenters. The van der Waals surface area contributed by atoms with Gasteiger partial charge in [-0.1, -0.05) is 60.7 Å². The number of nitrogens with zero attached hydrogens (tertiary/aromatic N) is 1. The minimum absolute atomic E-state index is 0.146. The number of para-hydroxylation sites is 1. The summed E-state index contributed by atoms with van der Waals surface area (Å²) in [5, 5.41) is 0. The van der Waals surface area contributed by atoms with Gasteiger partial charge in [-0.2, -0.15) is 0 Å². The summed E-state index contributed by atoms with van der Waals surface area (Å²) < 4.78 is 5.17. The van der Waals surface area contributed by atoms with Gasteiger partial charge in [0.25, 0.3) is 0 Å². The highest BCUT2D eigenvalue weighted by Crippen LogP contribution is 2.63. The molecule has 0 saturated carbocycles. The maximum atomic E-state index is 14.1. The lowest BCUT2D eigenvalue weighted by Gasteiger charge is -2.51. The third-order valence-electron chi connectivity index (χ3n) is 7.51. The Hall–Kier alpha value is -4.06. The molecule has 7 rings (SSSR count). The lowest BCUT2D eigenvalue weighted by molar-refractivity contribution is -0.128. The molecule has 0 aromatic heterocycles. The molecule has 0 N–H and O–H groups in total. The predicted molar refractivity (Wildman–Crippen MR) is 123 cm³/mol. The van der Waals surface area contributed by atoms with Crippen LogP contribution in [0.25, 0.3) is 0 Å². The zero-order chi connectivity index (χ0) is 23.6. The van der Waals surface area contributed by atoms with Crippen LogP contribution >= 0.6 is 0 Å². The van der Waals surface area contributed by atoms with E-state index in [1.54, 1.807) is 31.2 Å². The standard InChI is InChI=1S/C28H21NO5/c1-2-34-27(33)18-11-5-8-14-21(18)29-25(31)23-22-16-9-3-6-12-19(16)28(15-30,24(23)26(29)32)20-13-7-4-10-17(20)22/h3-15,22-24H,2H2,1H3/t22?,23-,24+,28?/m0/s1. The summed E-state index contributed by atoms with van der Waals surface area (Å²) in [6.45, 7) is 1.86. The lowest BCUT2D eigenvalue weighted by atomic mass is 9.48. The molecule has 34 heavy (non-hydrogen) atoms. The van der Waals surface area contributed by atoms with Gasteiger partial charge >= 0.3 is 5.97 Å². The Labute approximate surface area is 196 Å². The number of anilines is 1. The molecule has 1 heterocycles. The van der Waals surface area contributed by atoms with E-state index >= 15 is 0 Å². The smallest absolute Gasteiger partial charge is 0.340 e. The molecule has 168 valence electrons. The molecule has 6 nitrogen and oxygen atoms in total. The first-order valence-corrected chi connectivity index (χ1v) is 11.3. The molecular formula is C28H21NO5. The van der Waals surface area contributed by atoms with E-state index in [2.05, 4.69) is 0 Å². The average Bonchev–Trinajstić information content (AvgIpc) is 3.14. The number of aldehydes is 1. The summed E-state index contributed by atoms with van der Waals surface area (Å²) in [7, 11) is 0. The number of benzene rings is 3. The first kappa shape index (κ1) is 20.5. The van der Waals surface area contributed by atoms with Crippen LogP contribution in [0.4, 0.5) is 5.69 Å². The summed E-state index contributed by atoms with van der Waals surface area (Å²) in [5.41, 5.74) is 2.42. The van der Waals surface area contributed by atoms with Crippen LogP contribution in [0.2, 0.25) is 0 Å². The zero-order valence-electron chi connectivity index (χ0n) is 18.4. The van der Waals surface area contributed by atoms with Crippen molar-refractivity contribution in [3.63, 3.8) is 0 Å². The molecule has 3 aromatic carbocycles. The van der Waals surface area contributed by atoms with Crippen LogP contribution in [0, 0.1) is 11.8 Å². The molecular weight excluding hydrogens is 430 g/mol. The molecule has 3 aromatic rings. The number of hydrogen-bond acceptors (Lipinski definition) is 5. The highest BCUT2D eigenvalue weighted by Gasteiger charge is 2.68. The van der Waals surface area contributed by atoms with Gasteiger partial charge in [0.05, 0.1) is 35.1 Å². The fourth-order valence-electron chi connectivity index (χ4n) is 6.32. The average molecular weight is 451 g/mol. The number of rotatable bonds is 4. The maximum Gasteiger partial charge on any atom is 0.340 e. The topological polar surface area (TPSA) is 80.8 Å². The quantitative estimate of drug-likeness (QED) is 0.344. The number of carbonyl (C=O) groups excluding carboxylic acids is 4. The Morgan fingerprint density at radius 2 is 1.50 bits per heavy atom. The van der Waals surface area contributed by atoms with Crippen LogP contribution in [0.15, 0.2) is 72.8 Å². The third kappa shape index (κ3) is 2.35. The van der Waals surface area contributed by atoms with Gasteiger partial charge in [0.15, 0.2) is 0 Å². The Balaban J connectivity index is 1.59. The van der Waals surface area contributed by atoms with Crippen LogP contribution in [-0.2, 0) is 24.5 Å². The summed E-state index contributed by atoms with van der Waals surface area (Å²) >= 11 is 0. The third-order valence-corrected chi connectivity index (χ3v) is 7.51. The minimum Gasteiger partial charge on any atom is -0.462 e. The van der Waals surface area contributed by atoms with Gasteiger partial charge in [-0.15, -0.1) is 0 Å². The van der Waals surface area contributed by atoms with Crippen molar-refractivity contribution >= 4 is 29.8 Å². The van der Waals surface area contributed by atoms with E-state index in [9.17, 15) is 19.2 Å². The number of amides is 2. The Bertz CT molecular complexity index is 1350. The van der Waals surface area contributed by atoms with E-state index in [0.717, 1.165) is 33.4 Å². The predicted octanol–water partition coefficient (Wildman–Crippen LogP) is 3.61. The van der Waals surface area contributed by atoms with E-state index in [1.165, 1.54) is 0 Å². The molecule has 2 amide bonds. The molecule has 3 aliphatic carbocycles. The number of hydrogen-bond donors (Lipinski definition) is 0. The van der Waals surface area contributed by atoms with Crippen LogP contribution in [0.3, 0.4) is 0 Å². The normalized spacial score (nSPS) is 26.0. The van der Waals surface area contributed by atoms with E-state index in [4.69, 9.17) is 4.74 Å². The fraction of sp³-hybridized carbons (Fsp3) is 0.214. The van der Waals surface area contributed by atoms with Gasteiger partial charge in [-0.3, -0.25) is 9.59 Å². The zero-order valence-corrected chi connectivity index (χ0v) is 18.4. The van der Waals surface area contributed by atoms with Gasteiger partial charge in [0.1, 0.15) is 6.29 Å². The summed E-state index contributed by atoms with van der Waals surface area (Å²) in [6.07, 6.45) is 0.837. The van der Waals surface area contributed by atoms with Gasteiger partial charge in [-0.25, -0.2) is 9.69 Å². The molecule has 0 radical (unpaired) electrons. The van der Waals surface area contributed by atoms with Crippen molar-refractivity contribution in [3.05, 3.63) is 101 Å². The number of carbonyl (C=O) groups is 4. The van der Waals surface area contributed by atoms with Crippen LogP contribution < -0.4 is 4.90 Å². The van der Waals surface area contributed by atoms with Crippen molar-refractivity contribution in [2.24, 2.45) is 11.8 Å². The van der Waals surface area contributed by atoms with Crippen LogP contribution in [-0.4, -0.2) is 30.7 Å². The van der Waals surface area contributed by atoms with Gasteiger partial charge in [0.2, 0.25) is 11.8 Å². The van der Waals surface area contributed by atoms with Crippen molar-refractivity contribution in [2.75, 3.05) is 11.5 Å². The summed E-state index contributed by atoms with van der Waals surface area (Å²) in [4.78, 5) is 54.8. The molecule has 0 unspecified atom stereocenters. The molecule has 6 heteroatoms. The minimum atomic E-state index is -1.27. The van der Waals surface area contributed by atoms with Gasteiger partial charge < -0.3 is 9.53 Å². The van der Waals surface area contributed by atoms with E-state index in [-0.39, 0.29) is 23.8 Å². The van der Waals surface area contributed by atoms with E-state index in [1.807, 2.05) is 48.5 Å². The Kier molecular flexibility index (Phi) is 4.36. The highest BCUT2D eigenvalue weighted by atomic mass is 16.5. The van der Waals surface area contributed by atoms with Crippen LogP contribution in [0.1, 0.15) is 45.5 Å². The second kappa shape index (κ2) is 7.22. The summed E-state index contributed by atoms with van der Waals surface area (Å²) in [5.74, 6) is -3.44. The largest absolute Gasteiger partial charge is 0.462 e. The molecule has 0 spiro atoms. The monoisotopic (exact) mass is 451 g/mol. The highest BCUT2D eigenvalue weighted by molar-refractivity contribution is 6.26. The number of imide groups is 1. The Morgan fingerprint density at radius 1 is 0.912 bits per heavy atom. The van der Waals surface area contributed by atoms with Crippen molar-refractivity contribution in [1.82, 2.24) is 0 Å². The molecule has 1 aliphatic heterocycles. The number of ether oxygens (including phenoxy) is 1.